The van der Waals surface area contributed by atoms with E-state index >= 15 is 0 Å². The van der Waals surface area contributed by atoms with Crippen LogP contribution in [0.1, 0.15) is 64.9 Å². The van der Waals surface area contributed by atoms with Gasteiger partial charge in [0.05, 0.1) is 12.1 Å². The molecular formula is C21H26N2O3. The van der Waals surface area contributed by atoms with E-state index in [9.17, 15) is 9.59 Å². The van der Waals surface area contributed by atoms with Gasteiger partial charge in [0.1, 0.15) is 11.5 Å². The molecule has 2 heterocycles. The lowest BCUT2D eigenvalue weighted by atomic mass is 9.66. The van der Waals surface area contributed by atoms with Crippen LogP contribution in [0.25, 0.3) is 0 Å². The maximum atomic E-state index is 13.0. The third kappa shape index (κ3) is 2.74. The van der Waals surface area contributed by atoms with Crippen LogP contribution >= 0.6 is 0 Å². The van der Waals surface area contributed by atoms with E-state index in [1.54, 1.807) is 10.9 Å². The van der Waals surface area contributed by atoms with Crippen LogP contribution in [0.4, 0.5) is 0 Å². The van der Waals surface area contributed by atoms with Gasteiger partial charge in [0, 0.05) is 55.6 Å². The zero-order valence-corrected chi connectivity index (χ0v) is 16.2. The van der Waals surface area contributed by atoms with Crippen molar-refractivity contribution < 1.29 is 14.3 Å². The maximum Gasteiger partial charge on any atom is 0.163 e. The predicted molar refractivity (Wildman–Crippen MR) is 97.1 cm³/mol. The van der Waals surface area contributed by atoms with E-state index in [1.807, 2.05) is 13.2 Å². The fraction of sp³-hybridized carbons (Fsp3) is 0.571. The Labute approximate surface area is 154 Å². The van der Waals surface area contributed by atoms with Gasteiger partial charge in [-0.1, -0.05) is 27.7 Å². The molecule has 0 unspecified atom stereocenters. The highest BCUT2D eigenvalue weighted by Crippen LogP contribution is 2.53. The summed E-state index contributed by atoms with van der Waals surface area (Å²) < 4.78 is 7.98. The van der Waals surface area contributed by atoms with Crippen molar-refractivity contribution in [3.05, 3.63) is 40.6 Å². The van der Waals surface area contributed by atoms with Crippen LogP contribution in [0.15, 0.2) is 35.1 Å². The van der Waals surface area contributed by atoms with E-state index < -0.39 is 0 Å². The SMILES string of the molecule is Cn1cc(C2C3=C(CC(C)(C)CC3=O)OC3=C2C(=O)CC(C)(C)C3)cn1. The number of allylic oxidation sites excluding steroid dienone is 4. The van der Waals surface area contributed by atoms with E-state index in [0.717, 1.165) is 29.9 Å². The molecule has 2 aliphatic carbocycles. The van der Waals surface area contributed by atoms with Crippen molar-refractivity contribution in [2.24, 2.45) is 17.9 Å². The molecule has 0 saturated carbocycles. The topological polar surface area (TPSA) is 61.2 Å². The fourth-order valence-corrected chi connectivity index (χ4v) is 4.60. The van der Waals surface area contributed by atoms with Crippen LogP contribution in [0.3, 0.4) is 0 Å². The minimum absolute atomic E-state index is 0.0919. The Morgan fingerprint density at radius 3 is 1.88 bits per heavy atom. The Kier molecular flexibility index (Phi) is 3.59. The molecule has 0 fully saturated rings. The first-order valence-electron chi connectivity index (χ1n) is 9.25. The second-order valence-corrected chi connectivity index (χ2v) is 9.54. The van der Waals surface area contributed by atoms with Gasteiger partial charge in [-0.2, -0.15) is 5.10 Å². The van der Waals surface area contributed by atoms with Crippen LogP contribution in [-0.2, 0) is 21.4 Å². The highest BCUT2D eigenvalue weighted by molar-refractivity contribution is 6.06. The molecule has 0 saturated heterocycles. The van der Waals surface area contributed by atoms with E-state index in [2.05, 4.69) is 32.8 Å². The number of hydrogen-bond acceptors (Lipinski definition) is 4. The molecule has 0 amide bonds. The molecule has 26 heavy (non-hydrogen) atoms. The number of aromatic nitrogens is 2. The molecule has 138 valence electrons. The molecule has 0 N–H and O–H groups in total. The number of ether oxygens (including phenoxy) is 1. The van der Waals surface area contributed by atoms with Crippen molar-refractivity contribution in [3.8, 4) is 0 Å². The third-order valence-electron chi connectivity index (χ3n) is 5.64. The Balaban J connectivity index is 1.90. The molecule has 3 aliphatic rings. The Morgan fingerprint density at radius 1 is 0.962 bits per heavy atom. The molecule has 0 atom stereocenters. The second kappa shape index (κ2) is 5.41. The molecule has 0 radical (unpaired) electrons. The molecule has 1 aromatic rings. The molecular weight excluding hydrogens is 328 g/mol. The van der Waals surface area contributed by atoms with E-state index in [4.69, 9.17) is 4.74 Å². The average Bonchev–Trinajstić information content (AvgIpc) is 2.88. The van der Waals surface area contributed by atoms with Gasteiger partial charge in [0.2, 0.25) is 0 Å². The Bertz CT molecular complexity index is 831. The highest BCUT2D eigenvalue weighted by atomic mass is 16.5. The summed E-state index contributed by atoms with van der Waals surface area (Å²) >= 11 is 0. The zero-order valence-electron chi connectivity index (χ0n) is 16.2. The van der Waals surface area contributed by atoms with Crippen LogP contribution < -0.4 is 0 Å². The minimum atomic E-state index is -0.338. The van der Waals surface area contributed by atoms with Gasteiger partial charge in [-0.25, -0.2) is 0 Å². The van der Waals surface area contributed by atoms with Crippen molar-refractivity contribution >= 4 is 11.6 Å². The van der Waals surface area contributed by atoms with E-state index in [1.165, 1.54) is 0 Å². The molecule has 5 nitrogen and oxygen atoms in total. The second-order valence-electron chi connectivity index (χ2n) is 9.54. The monoisotopic (exact) mass is 354 g/mol. The van der Waals surface area contributed by atoms with E-state index in [-0.39, 0.29) is 28.3 Å². The number of Topliss-reactive ketones (excluding diaryl/α,β-unsaturated/α-hetero) is 2. The maximum absolute atomic E-state index is 13.0. The van der Waals surface area contributed by atoms with E-state index in [0.29, 0.717) is 24.0 Å². The molecule has 0 aromatic carbocycles. The van der Waals surface area contributed by atoms with Gasteiger partial charge < -0.3 is 4.74 Å². The van der Waals surface area contributed by atoms with Crippen LogP contribution in [-0.4, -0.2) is 21.3 Å². The van der Waals surface area contributed by atoms with Crippen LogP contribution in [0.5, 0.6) is 0 Å². The van der Waals surface area contributed by atoms with Crippen molar-refractivity contribution in [2.45, 2.75) is 59.3 Å². The van der Waals surface area contributed by atoms with Gasteiger partial charge in [-0.15, -0.1) is 0 Å². The first-order chi connectivity index (χ1) is 12.1. The molecule has 1 aliphatic heterocycles. The summed E-state index contributed by atoms with van der Waals surface area (Å²) in [6.07, 6.45) is 6.07. The summed E-state index contributed by atoms with van der Waals surface area (Å²) in [5, 5.41) is 4.28. The largest absolute Gasteiger partial charge is 0.465 e. The van der Waals surface area contributed by atoms with Gasteiger partial charge >= 0.3 is 0 Å². The average molecular weight is 354 g/mol. The van der Waals surface area contributed by atoms with Crippen LogP contribution in [0, 0.1) is 10.8 Å². The summed E-state index contributed by atoms with van der Waals surface area (Å²) in [4.78, 5) is 26.1. The van der Waals surface area contributed by atoms with Gasteiger partial charge in [-0.3, -0.25) is 14.3 Å². The smallest absolute Gasteiger partial charge is 0.163 e. The standard InChI is InChI=1S/C21H26N2O3/c1-20(2)6-13(24)18-15(8-20)26-16-9-21(3,4)7-14(25)19(16)17(18)12-10-22-23(5)11-12/h10-11,17H,6-9H2,1-5H3. The number of aryl methyl sites for hydroxylation is 1. The first-order valence-corrected chi connectivity index (χ1v) is 9.25. The fourth-order valence-electron chi connectivity index (χ4n) is 4.60. The molecule has 1 aromatic heterocycles. The lowest BCUT2D eigenvalue weighted by Crippen LogP contribution is -2.37. The van der Waals surface area contributed by atoms with Crippen molar-refractivity contribution in [2.75, 3.05) is 0 Å². The predicted octanol–water partition coefficient (Wildman–Crippen LogP) is 3.82. The molecule has 5 heteroatoms. The van der Waals surface area contributed by atoms with Gasteiger partial charge in [0.15, 0.2) is 11.6 Å². The molecule has 4 rings (SSSR count). The highest BCUT2D eigenvalue weighted by Gasteiger charge is 2.48. The summed E-state index contributed by atoms with van der Waals surface area (Å²) in [7, 11) is 1.85. The number of carbonyl (C=O) groups is 2. The molecule has 0 bridgehead atoms. The number of ketones is 2. The summed E-state index contributed by atoms with van der Waals surface area (Å²) in [5.74, 6) is 1.35. The minimum Gasteiger partial charge on any atom is -0.465 e. The first kappa shape index (κ1) is 17.3. The van der Waals surface area contributed by atoms with Crippen LogP contribution in [0.2, 0.25) is 0 Å². The summed E-state index contributed by atoms with van der Waals surface area (Å²) in [6, 6.07) is 0. The van der Waals surface area contributed by atoms with Gasteiger partial charge in [-0.05, 0) is 10.8 Å². The molecule has 0 spiro atoms. The Hall–Kier alpha value is -2.17. The lowest BCUT2D eigenvalue weighted by molar-refractivity contribution is -0.120. The number of rotatable bonds is 1. The third-order valence-corrected chi connectivity index (χ3v) is 5.64. The van der Waals surface area contributed by atoms with Crippen molar-refractivity contribution in [3.63, 3.8) is 0 Å². The van der Waals surface area contributed by atoms with Crippen molar-refractivity contribution in [1.29, 1.82) is 0 Å². The Morgan fingerprint density at radius 2 is 1.46 bits per heavy atom. The number of hydrogen-bond donors (Lipinski definition) is 0. The zero-order chi connectivity index (χ0) is 18.9. The van der Waals surface area contributed by atoms with Gasteiger partial charge in [0.25, 0.3) is 0 Å². The quantitative estimate of drug-likeness (QED) is 0.769. The number of carbonyl (C=O) groups excluding carboxylic acids is 2. The summed E-state index contributed by atoms with van der Waals surface area (Å²) in [6.45, 7) is 8.38. The normalized spacial score (nSPS) is 25.1. The lowest BCUT2D eigenvalue weighted by Gasteiger charge is -2.42. The van der Waals surface area contributed by atoms with Crippen molar-refractivity contribution in [1.82, 2.24) is 9.78 Å². The number of nitrogens with zero attached hydrogens (tertiary/aromatic N) is 2. The summed E-state index contributed by atoms with van der Waals surface area (Å²) in [5.41, 5.74) is 1.99.